The van der Waals surface area contributed by atoms with Gasteiger partial charge in [-0.05, 0) is 46.1 Å². The molecule has 0 amide bonds. The molecule has 2 fully saturated rings. The molecule has 0 spiro atoms. The minimum absolute atomic E-state index is 0.366. The van der Waals surface area contributed by atoms with Crippen molar-refractivity contribution in [2.75, 3.05) is 26.2 Å². The lowest BCUT2D eigenvalue weighted by molar-refractivity contribution is 0.0563. The van der Waals surface area contributed by atoms with Gasteiger partial charge in [-0.3, -0.25) is 4.90 Å². The SMILES string of the molecule is CC(C)OCCN1CCCC1CNC1CC1. The Morgan fingerprint density at radius 2 is 2.12 bits per heavy atom. The molecule has 1 saturated heterocycles. The first-order chi connectivity index (χ1) is 7.75. The van der Waals surface area contributed by atoms with Crippen molar-refractivity contribution in [3.63, 3.8) is 0 Å². The van der Waals surface area contributed by atoms with Gasteiger partial charge < -0.3 is 10.1 Å². The van der Waals surface area contributed by atoms with E-state index in [-0.39, 0.29) is 0 Å². The predicted molar refractivity (Wildman–Crippen MR) is 66.7 cm³/mol. The second-order valence-corrected chi connectivity index (χ2v) is 5.43. The van der Waals surface area contributed by atoms with Crippen LogP contribution in [0.3, 0.4) is 0 Å². The number of hydrogen-bond donors (Lipinski definition) is 1. The molecule has 1 aliphatic heterocycles. The fourth-order valence-electron chi connectivity index (χ4n) is 2.42. The zero-order valence-electron chi connectivity index (χ0n) is 10.7. The lowest BCUT2D eigenvalue weighted by atomic mass is 10.2. The minimum atomic E-state index is 0.366. The molecule has 0 radical (unpaired) electrons. The summed E-state index contributed by atoms with van der Waals surface area (Å²) < 4.78 is 5.63. The summed E-state index contributed by atoms with van der Waals surface area (Å²) in [5.41, 5.74) is 0. The van der Waals surface area contributed by atoms with Crippen LogP contribution in [0.4, 0.5) is 0 Å². The number of nitrogens with zero attached hydrogens (tertiary/aromatic N) is 1. The number of hydrogen-bond acceptors (Lipinski definition) is 3. The van der Waals surface area contributed by atoms with E-state index in [0.29, 0.717) is 6.10 Å². The van der Waals surface area contributed by atoms with Gasteiger partial charge in [0.25, 0.3) is 0 Å². The van der Waals surface area contributed by atoms with E-state index in [0.717, 1.165) is 25.2 Å². The summed E-state index contributed by atoms with van der Waals surface area (Å²) in [7, 11) is 0. The molecule has 1 N–H and O–H groups in total. The fraction of sp³-hybridized carbons (Fsp3) is 1.00. The molecule has 2 aliphatic rings. The van der Waals surface area contributed by atoms with Gasteiger partial charge in [0.2, 0.25) is 0 Å². The van der Waals surface area contributed by atoms with E-state index in [4.69, 9.17) is 4.74 Å². The third-order valence-electron chi connectivity index (χ3n) is 3.55. The largest absolute Gasteiger partial charge is 0.377 e. The van der Waals surface area contributed by atoms with Crippen molar-refractivity contribution >= 4 is 0 Å². The molecular weight excluding hydrogens is 200 g/mol. The lowest BCUT2D eigenvalue weighted by Gasteiger charge is -2.25. The third-order valence-corrected chi connectivity index (χ3v) is 3.55. The minimum Gasteiger partial charge on any atom is -0.377 e. The van der Waals surface area contributed by atoms with Crippen LogP contribution in [0.2, 0.25) is 0 Å². The van der Waals surface area contributed by atoms with Crippen molar-refractivity contribution in [1.82, 2.24) is 10.2 Å². The number of ether oxygens (including phenoxy) is 1. The molecule has 3 nitrogen and oxygen atoms in total. The summed E-state index contributed by atoms with van der Waals surface area (Å²) in [6.07, 6.45) is 5.87. The van der Waals surface area contributed by atoms with Crippen LogP contribution in [0.1, 0.15) is 39.5 Å². The first-order valence-electron chi connectivity index (χ1n) is 6.84. The van der Waals surface area contributed by atoms with Crippen LogP contribution in [-0.4, -0.2) is 49.3 Å². The van der Waals surface area contributed by atoms with Crippen molar-refractivity contribution < 1.29 is 4.74 Å². The van der Waals surface area contributed by atoms with E-state index in [1.54, 1.807) is 0 Å². The van der Waals surface area contributed by atoms with Crippen molar-refractivity contribution in [3.05, 3.63) is 0 Å². The number of nitrogens with one attached hydrogen (secondary N) is 1. The van der Waals surface area contributed by atoms with E-state index in [2.05, 4.69) is 24.1 Å². The molecule has 1 saturated carbocycles. The van der Waals surface area contributed by atoms with Gasteiger partial charge >= 0.3 is 0 Å². The van der Waals surface area contributed by atoms with Gasteiger partial charge in [0.1, 0.15) is 0 Å². The highest BCUT2D eigenvalue weighted by molar-refractivity contribution is 4.86. The zero-order valence-corrected chi connectivity index (χ0v) is 10.7. The Morgan fingerprint density at radius 1 is 1.31 bits per heavy atom. The van der Waals surface area contributed by atoms with Crippen molar-refractivity contribution in [2.24, 2.45) is 0 Å². The molecule has 16 heavy (non-hydrogen) atoms. The van der Waals surface area contributed by atoms with Crippen molar-refractivity contribution in [3.8, 4) is 0 Å². The van der Waals surface area contributed by atoms with Crippen molar-refractivity contribution in [1.29, 1.82) is 0 Å². The predicted octanol–water partition coefficient (Wildman–Crippen LogP) is 1.63. The highest BCUT2D eigenvalue weighted by Crippen LogP contribution is 2.21. The van der Waals surface area contributed by atoms with E-state index in [1.807, 2.05) is 0 Å². The highest BCUT2D eigenvalue weighted by atomic mass is 16.5. The average molecular weight is 226 g/mol. The smallest absolute Gasteiger partial charge is 0.0597 e. The van der Waals surface area contributed by atoms with Gasteiger partial charge in [0, 0.05) is 25.2 Å². The maximum absolute atomic E-state index is 5.63. The lowest BCUT2D eigenvalue weighted by Crippen LogP contribution is -2.40. The number of likely N-dealkylation sites (tertiary alicyclic amines) is 1. The normalized spacial score (nSPS) is 26.8. The molecule has 0 aromatic heterocycles. The van der Waals surface area contributed by atoms with Gasteiger partial charge in [-0.15, -0.1) is 0 Å². The number of rotatable bonds is 7. The first kappa shape index (κ1) is 12.3. The Morgan fingerprint density at radius 3 is 2.81 bits per heavy atom. The van der Waals surface area contributed by atoms with Crippen LogP contribution in [0, 0.1) is 0 Å². The quantitative estimate of drug-likeness (QED) is 0.714. The standard InChI is InChI=1S/C13H26N2O/c1-11(2)16-9-8-15-7-3-4-13(15)10-14-12-5-6-12/h11-14H,3-10H2,1-2H3. The molecule has 1 heterocycles. The van der Waals surface area contributed by atoms with Gasteiger partial charge in [-0.2, -0.15) is 0 Å². The van der Waals surface area contributed by atoms with Gasteiger partial charge in [0.15, 0.2) is 0 Å². The van der Waals surface area contributed by atoms with Crippen LogP contribution in [-0.2, 0) is 4.74 Å². The summed E-state index contributed by atoms with van der Waals surface area (Å²) in [4.78, 5) is 2.60. The van der Waals surface area contributed by atoms with Gasteiger partial charge in [0.05, 0.1) is 12.7 Å². The van der Waals surface area contributed by atoms with Gasteiger partial charge in [-0.25, -0.2) is 0 Å². The van der Waals surface area contributed by atoms with E-state index >= 15 is 0 Å². The van der Waals surface area contributed by atoms with Crippen molar-refractivity contribution in [2.45, 2.75) is 57.7 Å². The van der Waals surface area contributed by atoms with E-state index in [1.165, 1.54) is 38.8 Å². The topological polar surface area (TPSA) is 24.5 Å². The molecule has 1 aliphatic carbocycles. The molecular formula is C13H26N2O. The van der Waals surface area contributed by atoms with Crippen LogP contribution in [0.15, 0.2) is 0 Å². The Labute approximate surface area is 99.5 Å². The summed E-state index contributed by atoms with van der Waals surface area (Å²) in [6, 6.07) is 1.60. The second-order valence-electron chi connectivity index (χ2n) is 5.43. The van der Waals surface area contributed by atoms with Crippen LogP contribution < -0.4 is 5.32 Å². The average Bonchev–Trinajstić information content (AvgIpc) is 2.96. The van der Waals surface area contributed by atoms with Crippen LogP contribution in [0.5, 0.6) is 0 Å². The van der Waals surface area contributed by atoms with Gasteiger partial charge in [-0.1, -0.05) is 0 Å². The monoisotopic (exact) mass is 226 g/mol. The maximum atomic E-state index is 5.63. The summed E-state index contributed by atoms with van der Waals surface area (Å²) >= 11 is 0. The Kier molecular flexibility index (Phi) is 4.62. The molecule has 94 valence electrons. The molecule has 1 unspecified atom stereocenters. The maximum Gasteiger partial charge on any atom is 0.0597 e. The van der Waals surface area contributed by atoms with Crippen LogP contribution >= 0.6 is 0 Å². The first-order valence-corrected chi connectivity index (χ1v) is 6.84. The summed E-state index contributed by atoms with van der Waals surface area (Å²) in [6.45, 7) is 8.66. The van der Waals surface area contributed by atoms with E-state index in [9.17, 15) is 0 Å². The summed E-state index contributed by atoms with van der Waals surface area (Å²) in [5.74, 6) is 0. The summed E-state index contributed by atoms with van der Waals surface area (Å²) in [5, 5.41) is 3.65. The molecule has 2 rings (SSSR count). The highest BCUT2D eigenvalue weighted by Gasteiger charge is 2.27. The molecule has 0 aromatic rings. The van der Waals surface area contributed by atoms with Crippen LogP contribution in [0.25, 0.3) is 0 Å². The molecule has 3 heteroatoms. The van der Waals surface area contributed by atoms with E-state index < -0.39 is 0 Å². The second kappa shape index (κ2) is 5.99. The molecule has 1 atom stereocenters. The molecule has 0 bridgehead atoms. The molecule has 0 aromatic carbocycles. The zero-order chi connectivity index (χ0) is 11.4. The Hall–Kier alpha value is -0.120. The Balaban J connectivity index is 1.61. The fourth-order valence-corrected chi connectivity index (χ4v) is 2.42. The Bertz CT molecular complexity index is 204. The third kappa shape index (κ3) is 4.04.